The molecule has 0 atom stereocenters. The monoisotopic (exact) mass is 373 g/mol. The Morgan fingerprint density at radius 1 is 1.37 bits per heavy atom. The number of piperidine rings is 1. The molecule has 1 aliphatic rings. The van der Waals surface area contributed by atoms with Crippen LogP contribution in [0.2, 0.25) is 0 Å². The van der Waals surface area contributed by atoms with Crippen molar-refractivity contribution in [1.29, 1.82) is 0 Å². The minimum Gasteiger partial charge on any atom is -0.370 e. The summed E-state index contributed by atoms with van der Waals surface area (Å²) in [6, 6.07) is 8.43. The van der Waals surface area contributed by atoms with Gasteiger partial charge < -0.3 is 10.6 Å². The summed E-state index contributed by atoms with van der Waals surface area (Å²) in [6.45, 7) is 7.17. The first kappa shape index (κ1) is 16.3. The molecule has 1 heterocycles. The highest BCUT2D eigenvalue weighted by Crippen LogP contribution is 2.15. The fourth-order valence-corrected chi connectivity index (χ4v) is 2.32. The van der Waals surface area contributed by atoms with Gasteiger partial charge in [-0.15, -0.1) is 24.0 Å². The Morgan fingerprint density at radius 2 is 2.05 bits per heavy atom. The molecule has 1 aromatic carbocycles. The molecule has 0 aromatic heterocycles. The number of halogens is 1. The average molecular weight is 373 g/mol. The Labute approximate surface area is 133 Å². The van der Waals surface area contributed by atoms with E-state index in [2.05, 4.69) is 48.0 Å². The summed E-state index contributed by atoms with van der Waals surface area (Å²) in [7, 11) is 0. The van der Waals surface area contributed by atoms with Crippen molar-refractivity contribution in [2.75, 3.05) is 13.1 Å². The van der Waals surface area contributed by atoms with Crippen LogP contribution in [0.3, 0.4) is 0 Å². The fraction of sp³-hybridized carbons (Fsp3) is 0.533. The highest BCUT2D eigenvalue weighted by Gasteiger charge is 2.16. The molecule has 1 fully saturated rings. The predicted octanol–water partition coefficient (Wildman–Crippen LogP) is 3.16. The quantitative estimate of drug-likeness (QED) is 0.492. The predicted molar refractivity (Wildman–Crippen MR) is 91.9 cm³/mol. The van der Waals surface area contributed by atoms with Crippen LogP contribution in [0.4, 0.5) is 0 Å². The smallest absolute Gasteiger partial charge is 0.191 e. The second-order valence-electron chi connectivity index (χ2n) is 5.33. The second-order valence-corrected chi connectivity index (χ2v) is 5.33. The zero-order valence-corrected chi connectivity index (χ0v) is 14.1. The molecule has 0 radical (unpaired) electrons. The Morgan fingerprint density at radius 3 is 2.68 bits per heavy atom. The Bertz CT molecular complexity index is 423. The minimum atomic E-state index is 0. The SMILES string of the molecule is Cc1cccc(CN=C(N)N2CCC(C)CC2)c1.I. The van der Waals surface area contributed by atoms with Crippen LogP contribution >= 0.6 is 24.0 Å². The highest BCUT2D eigenvalue weighted by atomic mass is 127. The molecule has 0 saturated carbocycles. The molecule has 1 aromatic rings. The molecule has 2 N–H and O–H groups in total. The number of nitrogens with two attached hydrogens (primary N) is 1. The van der Waals surface area contributed by atoms with Crippen molar-refractivity contribution in [3.63, 3.8) is 0 Å². The maximum absolute atomic E-state index is 6.06. The maximum atomic E-state index is 6.06. The molecule has 0 aliphatic carbocycles. The summed E-state index contributed by atoms with van der Waals surface area (Å²) in [4.78, 5) is 6.71. The number of benzene rings is 1. The lowest BCUT2D eigenvalue weighted by Gasteiger charge is -2.31. The van der Waals surface area contributed by atoms with E-state index in [0.29, 0.717) is 12.5 Å². The van der Waals surface area contributed by atoms with Crippen molar-refractivity contribution in [3.8, 4) is 0 Å². The lowest BCUT2D eigenvalue weighted by atomic mass is 10.00. The van der Waals surface area contributed by atoms with Crippen LogP contribution in [0.1, 0.15) is 30.9 Å². The van der Waals surface area contributed by atoms with E-state index >= 15 is 0 Å². The van der Waals surface area contributed by atoms with Crippen molar-refractivity contribution in [1.82, 2.24) is 4.90 Å². The fourth-order valence-electron chi connectivity index (χ4n) is 2.32. The molecule has 0 unspecified atom stereocenters. The molecule has 0 amide bonds. The summed E-state index contributed by atoms with van der Waals surface area (Å²) in [5.41, 5.74) is 8.55. The van der Waals surface area contributed by atoms with Gasteiger partial charge in [-0.3, -0.25) is 0 Å². The molecule has 1 aliphatic heterocycles. The van der Waals surface area contributed by atoms with E-state index in [0.717, 1.165) is 19.0 Å². The van der Waals surface area contributed by atoms with E-state index < -0.39 is 0 Å². The lowest BCUT2D eigenvalue weighted by molar-refractivity contribution is 0.277. The third kappa shape index (κ3) is 5.01. The molecule has 106 valence electrons. The van der Waals surface area contributed by atoms with Crippen LogP contribution in [0.5, 0.6) is 0 Å². The zero-order valence-electron chi connectivity index (χ0n) is 11.8. The summed E-state index contributed by atoms with van der Waals surface area (Å²) in [5.74, 6) is 1.52. The van der Waals surface area contributed by atoms with Crippen molar-refractivity contribution in [2.24, 2.45) is 16.6 Å². The van der Waals surface area contributed by atoms with Crippen LogP contribution in [-0.2, 0) is 6.54 Å². The van der Waals surface area contributed by atoms with Crippen LogP contribution in [-0.4, -0.2) is 23.9 Å². The van der Waals surface area contributed by atoms with E-state index in [1.54, 1.807) is 0 Å². The van der Waals surface area contributed by atoms with Crippen molar-refractivity contribution >= 4 is 29.9 Å². The number of hydrogen-bond acceptors (Lipinski definition) is 1. The van der Waals surface area contributed by atoms with E-state index in [9.17, 15) is 0 Å². The standard InChI is InChI=1S/C15H23N3.HI/c1-12-6-8-18(9-7-12)15(16)17-11-14-5-3-4-13(2)10-14;/h3-5,10,12H,6-9,11H2,1-2H3,(H2,16,17);1H. The van der Waals surface area contributed by atoms with Crippen molar-refractivity contribution in [3.05, 3.63) is 35.4 Å². The first-order valence-corrected chi connectivity index (χ1v) is 6.75. The van der Waals surface area contributed by atoms with E-state index in [-0.39, 0.29) is 24.0 Å². The number of rotatable bonds is 2. The van der Waals surface area contributed by atoms with Gasteiger partial charge in [0, 0.05) is 13.1 Å². The van der Waals surface area contributed by atoms with Crippen LogP contribution < -0.4 is 5.73 Å². The zero-order chi connectivity index (χ0) is 13.0. The number of hydrogen-bond donors (Lipinski definition) is 1. The Kier molecular flexibility index (Phi) is 6.62. The number of nitrogens with zero attached hydrogens (tertiary/aromatic N) is 2. The molecule has 19 heavy (non-hydrogen) atoms. The second kappa shape index (κ2) is 7.72. The summed E-state index contributed by atoms with van der Waals surface area (Å²) in [6.07, 6.45) is 2.45. The summed E-state index contributed by atoms with van der Waals surface area (Å²) in [5, 5.41) is 0. The normalized spacial score (nSPS) is 17.2. The molecular weight excluding hydrogens is 349 g/mol. The van der Waals surface area contributed by atoms with Gasteiger partial charge in [-0.25, -0.2) is 4.99 Å². The molecule has 1 saturated heterocycles. The van der Waals surface area contributed by atoms with Crippen molar-refractivity contribution < 1.29 is 0 Å². The van der Waals surface area contributed by atoms with Gasteiger partial charge in [0.15, 0.2) is 5.96 Å². The van der Waals surface area contributed by atoms with Gasteiger partial charge in [0.05, 0.1) is 6.54 Å². The molecule has 3 nitrogen and oxygen atoms in total. The summed E-state index contributed by atoms with van der Waals surface area (Å²) >= 11 is 0. The van der Waals surface area contributed by atoms with Gasteiger partial charge in [0.25, 0.3) is 0 Å². The first-order chi connectivity index (χ1) is 8.65. The van der Waals surface area contributed by atoms with E-state index in [1.165, 1.54) is 24.0 Å². The largest absolute Gasteiger partial charge is 0.370 e. The molecule has 4 heteroatoms. The summed E-state index contributed by atoms with van der Waals surface area (Å²) < 4.78 is 0. The lowest BCUT2D eigenvalue weighted by Crippen LogP contribution is -2.42. The van der Waals surface area contributed by atoms with Gasteiger partial charge in [-0.1, -0.05) is 36.8 Å². The molecule has 0 spiro atoms. The topological polar surface area (TPSA) is 41.6 Å². The third-order valence-corrected chi connectivity index (χ3v) is 3.61. The van der Waals surface area contributed by atoms with Gasteiger partial charge in [-0.2, -0.15) is 0 Å². The van der Waals surface area contributed by atoms with Gasteiger partial charge >= 0.3 is 0 Å². The van der Waals surface area contributed by atoms with Crippen LogP contribution in [0.15, 0.2) is 29.3 Å². The minimum absolute atomic E-state index is 0. The van der Waals surface area contributed by atoms with Gasteiger partial charge in [0.1, 0.15) is 0 Å². The van der Waals surface area contributed by atoms with Gasteiger partial charge in [0.2, 0.25) is 0 Å². The molecule has 0 bridgehead atoms. The van der Waals surface area contributed by atoms with Crippen LogP contribution in [0.25, 0.3) is 0 Å². The van der Waals surface area contributed by atoms with Crippen molar-refractivity contribution in [2.45, 2.75) is 33.2 Å². The van der Waals surface area contributed by atoms with Crippen LogP contribution in [0, 0.1) is 12.8 Å². The molecule has 2 rings (SSSR count). The van der Waals surface area contributed by atoms with E-state index in [4.69, 9.17) is 5.73 Å². The van der Waals surface area contributed by atoms with Gasteiger partial charge in [-0.05, 0) is 31.2 Å². The third-order valence-electron chi connectivity index (χ3n) is 3.61. The number of aryl methyl sites for hydroxylation is 1. The number of guanidine groups is 1. The Balaban J connectivity index is 0.00000180. The molecular formula is C15H24IN3. The highest BCUT2D eigenvalue weighted by molar-refractivity contribution is 14.0. The maximum Gasteiger partial charge on any atom is 0.191 e. The number of likely N-dealkylation sites (tertiary alicyclic amines) is 1. The number of aliphatic imine (C=N–C) groups is 1. The Hall–Kier alpha value is -0.780. The van der Waals surface area contributed by atoms with E-state index in [1.807, 2.05) is 0 Å². The first-order valence-electron chi connectivity index (χ1n) is 6.75. The average Bonchev–Trinajstić information content (AvgIpc) is 2.37.